The Labute approximate surface area is 265 Å². The largest absolute Gasteiger partial charge is 0.507 e. The standard InChI is InChI=1S/C38H40N2O5/c1-4-39(5-2)23-10-24-40-35(30-11-9-14-33(25-30)45-32-12-7-6-8-13-32)34(37(42)38(40)43)36(41)29-19-21-31(22-20-29)44-26-28-17-15-27(3)16-18-28/h6-9,11-22,25,35,41H,4-5,10,23-24,26H2,1-3H3/t35-/m1/s1. The molecule has 45 heavy (non-hydrogen) atoms. The molecular formula is C38H40N2O5. The number of hydrogen-bond donors (Lipinski definition) is 1. The lowest BCUT2D eigenvalue weighted by atomic mass is 9.95. The second-order valence-electron chi connectivity index (χ2n) is 11.2. The van der Waals surface area contributed by atoms with Crippen LogP contribution in [0.15, 0.2) is 109 Å². The Morgan fingerprint density at radius 3 is 2.20 bits per heavy atom. The van der Waals surface area contributed by atoms with E-state index in [1.54, 1.807) is 29.2 Å². The molecule has 7 nitrogen and oxygen atoms in total. The maximum absolute atomic E-state index is 13.6. The van der Waals surface area contributed by atoms with E-state index in [9.17, 15) is 14.7 Å². The van der Waals surface area contributed by atoms with Crippen molar-refractivity contribution in [2.75, 3.05) is 26.2 Å². The highest BCUT2D eigenvalue weighted by molar-refractivity contribution is 6.46. The molecule has 0 spiro atoms. The number of aliphatic hydroxyl groups is 1. The third-order valence-electron chi connectivity index (χ3n) is 8.11. The van der Waals surface area contributed by atoms with Crippen LogP contribution < -0.4 is 9.47 Å². The summed E-state index contributed by atoms with van der Waals surface area (Å²) in [6.07, 6.45) is 0.693. The van der Waals surface area contributed by atoms with Crippen molar-refractivity contribution in [3.8, 4) is 17.2 Å². The van der Waals surface area contributed by atoms with Gasteiger partial charge in [-0.1, -0.05) is 74.0 Å². The van der Waals surface area contributed by atoms with Crippen LogP contribution >= 0.6 is 0 Å². The van der Waals surface area contributed by atoms with Gasteiger partial charge in [-0.25, -0.2) is 0 Å². The molecule has 1 amide bonds. The quantitative estimate of drug-likeness (QED) is 0.0966. The number of hydrogen-bond acceptors (Lipinski definition) is 6. The third kappa shape index (κ3) is 7.62. The van der Waals surface area contributed by atoms with Crippen molar-refractivity contribution in [2.45, 2.75) is 39.8 Å². The maximum Gasteiger partial charge on any atom is 0.295 e. The molecule has 4 aromatic carbocycles. The van der Waals surface area contributed by atoms with Crippen molar-refractivity contribution in [1.82, 2.24) is 9.80 Å². The molecule has 0 unspecified atom stereocenters. The third-order valence-corrected chi connectivity index (χ3v) is 8.11. The van der Waals surface area contributed by atoms with Crippen LogP contribution in [0.4, 0.5) is 0 Å². The molecule has 0 saturated carbocycles. The van der Waals surface area contributed by atoms with Gasteiger partial charge in [0.05, 0.1) is 11.6 Å². The average molecular weight is 605 g/mol. The zero-order chi connectivity index (χ0) is 31.8. The van der Waals surface area contributed by atoms with Gasteiger partial charge in [-0.05, 0) is 92.6 Å². The highest BCUT2D eigenvalue weighted by Gasteiger charge is 2.46. The van der Waals surface area contributed by atoms with Gasteiger partial charge in [-0.15, -0.1) is 0 Å². The molecule has 5 rings (SSSR count). The van der Waals surface area contributed by atoms with Crippen LogP contribution in [0.2, 0.25) is 0 Å². The molecule has 0 aromatic heterocycles. The zero-order valence-electron chi connectivity index (χ0n) is 26.1. The smallest absolute Gasteiger partial charge is 0.295 e. The van der Waals surface area contributed by atoms with Crippen LogP contribution in [0.1, 0.15) is 48.6 Å². The minimum atomic E-state index is -0.765. The predicted molar refractivity (Wildman–Crippen MR) is 176 cm³/mol. The lowest BCUT2D eigenvalue weighted by Crippen LogP contribution is -2.33. The number of ketones is 1. The minimum absolute atomic E-state index is 0.0630. The second kappa shape index (κ2) is 14.7. The number of para-hydroxylation sites is 1. The van der Waals surface area contributed by atoms with Gasteiger partial charge in [0.2, 0.25) is 0 Å². The van der Waals surface area contributed by atoms with Gasteiger partial charge in [-0.2, -0.15) is 0 Å². The fourth-order valence-electron chi connectivity index (χ4n) is 5.55. The maximum atomic E-state index is 13.6. The summed E-state index contributed by atoms with van der Waals surface area (Å²) in [4.78, 5) is 30.9. The highest BCUT2D eigenvalue weighted by atomic mass is 16.5. The lowest BCUT2D eigenvalue weighted by molar-refractivity contribution is -0.140. The van der Waals surface area contributed by atoms with Crippen molar-refractivity contribution in [3.63, 3.8) is 0 Å². The Kier molecular flexibility index (Phi) is 10.3. The van der Waals surface area contributed by atoms with Crippen LogP contribution in [-0.2, 0) is 16.2 Å². The Balaban J connectivity index is 1.44. The summed E-state index contributed by atoms with van der Waals surface area (Å²) in [6.45, 7) is 9.64. The van der Waals surface area contributed by atoms with Crippen molar-refractivity contribution in [3.05, 3.63) is 131 Å². The molecule has 1 fully saturated rings. The average Bonchev–Trinajstić information content (AvgIpc) is 3.32. The van der Waals surface area contributed by atoms with E-state index in [-0.39, 0.29) is 11.3 Å². The Morgan fingerprint density at radius 2 is 1.51 bits per heavy atom. The molecule has 0 bridgehead atoms. The van der Waals surface area contributed by atoms with Crippen LogP contribution in [-0.4, -0.2) is 52.8 Å². The van der Waals surface area contributed by atoms with E-state index in [0.717, 1.165) is 25.2 Å². The van der Waals surface area contributed by atoms with Crippen molar-refractivity contribution < 1.29 is 24.2 Å². The first kappa shape index (κ1) is 31.5. The molecule has 1 aliphatic heterocycles. The number of carbonyl (C=O) groups is 2. The van der Waals surface area contributed by atoms with Gasteiger partial charge in [0.25, 0.3) is 11.7 Å². The van der Waals surface area contributed by atoms with Gasteiger partial charge >= 0.3 is 0 Å². The first-order chi connectivity index (χ1) is 21.9. The lowest BCUT2D eigenvalue weighted by Gasteiger charge is -2.27. The van der Waals surface area contributed by atoms with Crippen LogP contribution in [0.25, 0.3) is 5.76 Å². The Morgan fingerprint density at radius 1 is 0.822 bits per heavy atom. The summed E-state index contributed by atoms with van der Waals surface area (Å²) in [5.41, 5.74) is 3.41. The number of rotatable bonds is 13. The molecule has 1 N–H and O–H groups in total. The molecule has 1 atom stereocenters. The molecule has 0 aliphatic carbocycles. The summed E-state index contributed by atoms with van der Waals surface area (Å²) < 4.78 is 12.0. The van der Waals surface area contributed by atoms with Gasteiger partial charge in [-0.3, -0.25) is 9.59 Å². The number of nitrogens with zero attached hydrogens (tertiary/aromatic N) is 2. The van der Waals surface area contributed by atoms with E-state index < -0.39 is 17.7 Å². The number of aryl methyl sites for hydroxylation is 1. The van der Waals surface area contributed by atoms with E-state index in [1.807, 2.05) is 85.8 Å². The molecule has 0 radical (unpaired) electrons. The summed E-state index contributed by atoms with van der Waals surface area (Å²) >= 11 is 0. The number of benzene rings is 4. The predicted octanol–water partition coefficient (Wildman–Crippen LogP) is 7.52. The Hall–Kier alpha value is -4.88. The molecule has 7 heteroatoms. The van der Waals surface area contributed by atoms with Crippen LogP contribution in [0, 0.1) is 6.92 Å². The first-order valence-electron chi connectivity index (χ1n) is 15.5. The molecule has 1 heterocycles. The fourth-order valence-corrected chi connectivity index (χ4v) is 5.55. The topological polar surface area (TPSA) is 79.3 Å². The van der Waals surface area contributed by atoms with Gasteiger partial charge in [0, 0.05) is 12.1 Å². The summed E-state index contributed by atoms with van der Waals surface area (Å²) in [5, 5.41) is 11.6. The number of aliphatic hydroxyl groups excluding tert-OH is 1. The van der Waals surface area contributed by atoms with Gasteiger partial charge in [0.1, 0.15) is 29.6 Å². The summed E-state index contributed by atoms with van der Waals surface area (Å²) in [7, 11) is 0. The second-order valence-corrected chi connectivity index (χ2v) is 11.2. The minimum Gasteiger partial charge on any atom is -0.507 e. The normalized spacial score (nSPS) is 15.9. The summed E-state index contributed by atoms with van der Waals surface area (Å²) in [6, 6.07) is 31.1. The molecule has 232 valence electrons. The number of likely N-dealkylation sites (tertiary alicyclic amines) is 1. The summed E-state index contributed by atoms with van der Waals surface area (Å²) in [5.74, 6) is 0.341. The Bertz CT molecular complexity index is 1630. The number of amides is 1. The van der Waals surface area contributed by atoms with E-state index in [0.29, 0.717) is 47.9 Å². The molecule has 1 saturated heterocycles. The first-order valence-corrected chi connectivity index (χ1v) is 15.5. The SMILES string of the molecule is CCN(CC)CCCN1C(=O)C(=O)C(=C(O)c2ccc(OCc3ccc(C)cc3)cc2)[C@H]1c1cccc(Oc2ccccc2)c1. The van der Waals surface area contributed by atoms with Gasteiger partial charge < -0.3 is 24.4 Å². The monoisotopic (exact) mass is 604 g/mol. The van der Waals surface area contributed by atoms with Gasteiger partial charge in [0.15, 0.2) is 0 Å². The molecule has 4 aromatic rings. The zero-order valence-corrected chi connectivity index (χ0v) is 26.1. The van der Waals surface area contributed by atoms with E-state index in [2.05, 4.69) is 18.7 Å². The van der Waals surface area contributed by atoms with E-state index >= 15 is 0 Å². The van der Waals surface area contributed by atoms with Crippen LogP contribution in [0.3, 0.4) is 0 Å². The number of carbonyl (C=O) groups excluding carboxylic acids is 2. The molecule has 1 aliphatic rings. The number of ether oxygens (including phenoxy) is 2. The van der Waals surface area contributed by atoms with E-state index in [4.69, 9.17) is 9.47 Å². The van der Waals surface area contributed by atoms with E-state index in [1.165, 1.54) is 5.56 Å². The van der Waals surface area contributed by atoms with Crippen molar-refractivity contribution >= 4 is 17.4 Å². The van der Waals surface area contributed by atoms with Crippen LogP contribution in [0.5, 0.6) is 17.2 Å². The molecular weight excluding hydrogens is 564 g/mol. The number of Topliss-reactive ketones (excluding diaryl/α,β-unsaturated/α-hetero) is 1. The fraction of sp³-hybridized carbons (Fsp3) is 0.263. The van der Waals surface area contributed by atoms with Crippen molar-refractivity contribution in [1.29, 1.82) is 0 Å². The highest BCUT2D eigenvalue weighted by Crippen LogP contribution is 2.41. The van der Waals surface area contributed by atoms with Crippen molar-refractivity contribution in [2.24, 2.45) is 0 Å².